The maximum absolute atomic E-state index is 12.3. The predicted molar refractivity (Wildman–Crippen MR) is 73.6 cm³/mol. The molecular formula is C13H19ClN2O3. The molecule has 1 rings (SSSR count). The third-order valence-electron chi connectivity index (χ3n) is 2.91. The Bertz CT molecular complexity index is 482. The van der Waals surface area contributed by atoms with Gasteiger partial charge >= 0.3 is 5.97 Å². The van der Waals surface area contributed by atoms with Crippen LogP contribution in [0, 0.1) is 5.92 Å². The van der Waals surface area contributed by atoms with E-state index in [1.54, 1.807) is 30.8 Å². The summed E-state index contributed by atoms with van der Waals surface area (Å²) in [7, 11) is 1.59. The van der Waals surface area contributed by atoms with E-state index in [1.165, 1.54) is 4.90 Å². The molecule has 0 spiro atoms. The van der Waals surface area contributed by atoms with E-state index in [9.17, 15) is 9.59 Å². The minimum absolute atomic E-state index is 0.108. The van der Waals surface area contributed by atoms with Crippen LogP contribution in [0.2, 0.25) is 5.02 Å². The fraction of sp³-hybridized carbons (Fsp3) is 0.538. The molecule has 19 heavy (non-hydrogen) atoms. The van der Waals surface area contributed by atoms with Crippen molar-refractivity contribution in [2.45, 2.75) is 26.8 Å². The van der Waals surface area contributed by atoms with Crippen molar-refractivity contribution in [3.63, 3.8) is 0 Å². The first kappa shape index (κ1) is 15.6. The molecule has 0 aliphatic rings. The van der Waals surface area contributed by atoms with Crippen molar-refractivity contribution >= 4 is 23.5 Å². The van der Waals surface area contributed by atoms with E-state index in [2.05, 4.69) is 0 Å². The number of nitrogens with zero attached hydrogens (tertiary/aromatic N) is 2. The van der Waals surface area contributed by atoms with Gasteiger partial charge in [0, 0.05) is 25.8 Å². The molecule has 0 saturated heterocycles. The third-order valence-corrected chi connectivity index (χ3v) is 3.11. The van der Waals surface area contributed by atoms with Gasteiger partial charge in [-0.15, -0.1) is 0 Å². The van der Waals surface area contributed by atoms with Gasteiger partial charge < -0.3 is 14.6 Å². The number of hydrogen-bond donors (Lipinski definition) is 1. The zero-order valence-corrected chi connectivity index (χ0v) is 12.3. The Morgan fingerprint density at radius 1 is 1.42 bits per heavy atom. The molecule has 1 atom stereocenters. The number of carbonyl (C=O) groups is 2. The van der Waals surface area contributed by atoms with Crippen LogP contribution < -0.4 is 0 Å². The second-order valence-corrected chi connectivity index (χ2v) is 5.41. The Kier molecular flexibility index (Phi) is 5.00. The van der Waals surface area contributed by atoms with E-state index in [1.807, 2.05) is 13.8 Å². The van der Waals surface area contributed by atoms with E-state index in [-0.39, 0.29) is 18.5 Å². The van der Waals surface area contributed by atoms with Crippen LogP contribution in [0.25, 0.3) is 0 Å². The number of halogens is 1. The molecule has 0 aliphatic carbocycles. The van der Waals surface area contributed by atoms with Crippen molar-refractivity contribution in [3.05, 3.63) is 23.0 Å². The highest BCUT2D eigenvalue weighted by atomic mass is 35.5. The monoisotopic (exact) mass is 286 g/mol. The van der Waals surface area contributed by atoms with Gasteiger partial charge in [-0.25, -0.2) is 0 Å². The number of amides is 1. The lowest BCUT2D eigenvalue weighted by atomic mass is 10.1. The second kappa shape index (κ2) is 6.10. The summed E-state index contributed by atoms with van der Waals surface area (Å²) in [4.78, 5) is 24.5. The summed E-state index contributed by atoms with van der Waals surface area (Å²) in [6, 6.07) is 1.71. The molecule has 1 unspecified atom stereocenters. The smallest absolute Gasteiger partial charge is 0.308 e. The van der Waals surface area contributed by atoms with E-state index in [0.29, 0.717) is 10.7 Å². The lowest BCUT2D eigenvalue weighted by Crippen LogP contribution is -2.34. The molecule has 0 radical (unpaired) electrons. The predicted octanol–water partition coefficient (Wildman–Crippen LogP) is 2.52. The fourth-order valence-corrected chi connectivity index (χ4v) is 2.02. The van der Waals surface area contributed by atoms with Crippen molar-refractivity contribution in [3.8, 4) is 0 Å². The summed E-state index contributed by atoms with van der Waals surface area (Å²) < 4.78 is 1.78. The standard InChI is InChI=1S/C13H19ClN2O3/c1-8(2)16-7-10(14)5-11(16)12(17)15(4)6-9(3)13(18)19/h5,7-9H,6H2,1-4H3,(H,18,19). The third kappa shape index (κ3) is 3.73. The van der Waals surface area contributed by atoms with Crippen LogP contribution in [0.3, 0.4) is 0 Å². The zero-order chi connectivity index (χ0) is 14.7. The molecule has 0 bridgehead atoms. The van der Waals surface area contributed by atoms with Crippen LogP contribution in [-0.2, 0) is 4.79 Å². The van der Waals surface area contributed by atoms with E-state index in [0.717, 1.165) is 0 Å². The van der Waals surface area contributed by atoms with Crippen LogP contribution in [0.4, 0.5) is 0 Å². The number of rotatable bonds is 5. The highest BCUT2D eigenvalue weighted by Gasteiger charge is 2.22. The fourth-order valence-electron chi connectivity index (χ4n) is 1.81. The van der Waals surface area contributed by atoms with Gasteiger partial charge in [0.2, 0.25) is 0 Å². The highest BCUT2D eigenvalue weighted by molar-refractivity contribution is 6.31. The average molecular weight is 287 g/mol. The Balaban J connectivity index is 2.91. The van der Waals surface area contributed by atoms with Crippen molar-refractivity contribution in [1.82, 2.24) is 9.47 Å². The molecule has 0 aromatic carbocycles. The molecular weight excluding hydrogens is 268 g/mol. The Hall–Kier alpha value is -1.49. The van der Waals surface area contributed by atoms with E-state index in [4.69, 9.17) is 16.7 Å². The molecule has 1 aromatic heterocycles. The zero-order valence-electron chi connectivity index (χ0n) is 11.6. The molecule has 0 saturated carbocycles. The first-order chi connectivity index (χ1) is 8.73. The van der Waals surface area contributed by atoms with Crippen LogP contribution in [0.15, 0.2) is 12.3 Å². The number of aromatic nitrogens is 1. The Morgan fingerprint density at radius 3 is 2.47 bits per heavy atom. The van der Waals surface area contributed by atoms with Gasteiger partial charge in [-0.1, -0.05) is 18.5 Å². The molecule has 0 fully saturated rings. The minimum atomic E-state index is -0.920. The summed E-state index contributed by atoms with van der Waals surface area (Å²) in [6.45, 7) is 5.63. The lowest BCUT2D eigenvalue weighted by molar-refractivity contribution is -0.141. The summed E-state index contributed by atoms with van der Waals surface area (Å²) >= 11 is 5.93. The SMILES string of the molecule is CC(CN(C)C(=O)c1cc(Cl)cn1C(C)C)C(=O)O. The molecule has 1 aromatic rings. The summed E-state index contributed by atoms with van der Waals surface area (Å²) in [5, 5.41) is 9.36. The van der Waals surface area contributed by atoms with Gasteiger partial charge in [0.05, 0.1) is 10.9 Å². The van der Waals surface area contributed by atoms with Crippen molar-refractivity contribution in [2.24, 2.45) is 5.92 Å². The van der Waals surface area contributed by atoms with E-state index >= 15 is 0 Å². The minimum Gasteiger partial charge on any atom is -0.481 e. The van der Waals surface area contributed by atoms with Crippen molar-refractivity contribution < 1.29 is 14.7 Å². The maximum Gasteiger partial charge on any atom is 0.308 e. The van der Waals surface area contributed by atoms with Gasteiger partial charge in [-0.05, 0) is 19.9 Å². The van der Waals surface area contributed by atoms with Gasteiger partial charge in [0.1, 0.15) is 5.69 Å². The summed E-state index contributed by atoms with van der Waals surface area (Å²) in [6.07, 6.45) is 1.70. The second-order valence-electron chi connectivity index (χ2n) is 4.97. The van der Waals surface area contributed by atoms with Gasteiger partial charge in [0.15, 0.2) is 0 Å². The van der Waals surface area contributed by atoms with E-state index < -0.39 is 11.9 Å². The highest BCUT2D eigenvalue weighted by Crippen LogP contribution is 2.20. The molecule has 5 nitrogen and oxygen atoms in total. The Labute approximate surface area is 117 Å². The van der Waals surface area contributed by atoms with Gasteiger partial charge in [0.25, 0.3) is 5.91 Å². The molecule has 1 N–H and O–H groups in total. The van der Waals surface area contributed by atoms with Crippen LogP contribution in [0.5, 0.6) is 0 Å². The molecule has 1 amide bonds. The normalized spacial score (nSPS) is 12.5. The summed E-state index contributed by atoms with van der Waals surface area (Å²) in [5.74, 6) is -1.75. The quantitative estimate of drug-likeness (QED) is 0.905. The first-order valence-corrected chi connectivity index (χ1v) is 6.47. The van der Waals surface area contributed by atoms with Crippen molar-refractivity contribution in [1.29, 1.82) is 0 Å². The molecule has 0 aliphatic heterocycles. The van der Waals surface area contributed by atoms with Crippen LogP contribution in [0.1, 0.15) is 37.3 Å². The molecule has 6 heteroatoms. The van der Waals surface area contributed by atoms with Crippen molar-refractivity contribution in [2.75, 3.05) is 13.6 Å². The number of aliphatic carboxylic acids is 1. The number of carbonyl (C=O) groups excluding carboxylic acids is 1. The number of carboxylic acid groups (broad SMARTS) is 1. The van der Waals surface area contributed by atoms with Gasteiger partial charge in [-0.3, -0.25) is 9.59 Å². The van der Waals surface area contributed by atoms with Gasteiger partial charge in [-0.2, -0.15) is 0 Å². The van der Waals surface area contributed by atoms with Crippen LogP contribution in [-0.4, -0.2) is 40.0 Å². The first-order valence-electron chi connectivity index (χ1n) is 6.09. The lowest BCUT2D eigenvalue weighted by Gasteiger charge is -2.21. The molecule has 106 valence electrons. The maximum atomic E-state index is 12.3. The number of hydrogen-bond acceptors (Lipinski definition) is 2. The number of carboxylic acids is 1. The Morgan fingerprint density at radius 2 is 2.00 bits per heavy atom. The topological polar surface area (TPSA) is 62.5 Å². The largest absolute Gasteiger partial charge is 0.481 e. The summed E-state index contributed by atoms with van der Waals surface area (Å²) in [5.41, 5.74) is 0.472. The molecule has 1 heterocycles. The van der Waals surface area contributed by atoms with Crippen LogP contribution >= 0.6 is 11.6 Å². The average Bonchev–Trinajstić information content (AvgIpc) is 2.70.